The number of thioether (sulfide) groups is 1. The van der Waals surface area contributed by atoms with Gasteiger partial charge in [-0.3, -0.25) is 9.36 Å². The zero-order valence-electron chi connectivity index (χ0n) is 13.9. The smallest absolute Gasteiger partial charge is 0.278 e. The second kappa shape index (κ2) is 7.28. The zero-order valence-corrected chi connectivity index (χ0v) is 15.5. The number of nitrogens with zero attached hydrogens (tertiary/aromatic N) is 3. The molecular weight excluding hydrogens is 411 g/mol. The van der Waals surface area contributed by atoms with Crippen molar-refractivity contribution in [2.24, 2.45) is 0 Å². The van der Waals surface area contributed by atoms with Gasteiger partial charge < -0.3 is 5.11 Å². The molecule has 0 saturated carbocycles. The molecule has 142 valence electrons. The van der Waals surface area contributed by atoms with Gasteiger partial charge in [-0.05, 0) is 24.3 Å². The van der Waals surface area contributed by atoms with Gasteiger partial charge in [0.2, 0.25) is 0 Å². The number of hydrogen-bond acceptors (Lipinski definition) is 6. The van der Waals surface area contributed by atoms with Gasteiger partial charge in [-0.2, -0.15) is 0 Å². The Morgan fingerprint density at radius 2 is 1.79 bits per heavy atom. The predicted molar refractivity (Wildman–Crippen MR) is 101 cm³/mol. The van der Waals surface area contributed by atoms with Crippen molar-refractivity contribution in [2.75, 3.05) is 0 Å². The summed E-state index contributed by atoms with van der Waals surface area (Å²) in [7, 11) is 0. The Morgan fingerprint density at radius 3 is 2.46 bits per heavy atom. The van der Waals surface area contributed by atoms with E-state index in [0.29, 0.717) is 22.5 Å². The molecule has 0 fully saturated rings. The first-order valence-electron chi connectivity index (χ1n) is 7.86. The van der Waals surface area contributed by atoms with E-state index in [4.69, 9.17) is 0 Å². The molecule has 2 aromatic carbocycles. The van der Waals surface area contributed by atoms with Crippen LogP contribution in [0.2, 0.25) is 0 Å². The Bertz CT molecular complexity index is 1220. The van der Waals surface area contributed by atoms with Crippen molar-refractivity contribution in [1.82, 2.24) is 14.5 Å². The number of benzene rings is 2. The number of hydrogen-bond donors (Lipinski definition) is 1. The lowest BCUT2D eigenvalue weighted by atomic mass is 10.2. The van der Waals surface area contributed by atoms with Gasteiger partial charge in [0.25, 0.3) is 5.56 Å². The van der Waals surface area contributed by atoms with Crippen molar-refractivity contribution in [3.8, 4) is 11.4 Å². The normalized spacial score (nSPS) is 11.2. The molecule has 0 unspecified atom stereocenters. The first-order valence-corrected chi connectivity index (χ1v) is 9.72. The molecule has 0 aliphatic heterocycles. The van der Waals surface area contributed by atoms with Crippen LogP contribution in [-0.4, -0.2) is 19.6 Å². The van der Waals surface area contributed by atoms with E-state index < -0.39 is 17.5 Å². The van der Waals surface area contributed by atoms with Gasteiger partial charge in [-0.15, -0.1) is 11.3 Å². The molecule has 0 aliphatic carbocycles. The maximum Gasteiger partial charge on any atom is 0.278 e. The number of halogens is 3. The van der Waals surface area contributed by atoms with Crippen LogP contribution in [-0.2, 0) is 5.75 Å². The highest BCUT2D eigenvalue weighted by molar-refractivity contribution is 7.98. The molecule has 4 aromatic rings. The summed E-state index contributed by atoms with van der Waals surface area (Å²) >= 11 is 2.05. The molecule has 1 N–H and O–H groups in total. The largest absolute Gasteiger partial charge is 0.508 e. The molecule has 5 nitrogen and oxygen atoms in total. The van der Waals surface area contributed by atoms with Crippen LogP contribution in [0, 0.1) is 17.5 Å². The molecule has 2 heterocycles. The van der Waals surface area contributed by atoms with Gasteiger partial charge in [0, 0.05) is 23.4 Å². The summed E-state index contributed by atoms with van der Waals surface area (Å²) in [5.74, 6) is -3.23. The van der Waals surface area contributed by atoms with Crippen LogP contribution < -0.4 is 5.56 Å². The average Bonchev–Trinajstić information content (AvgIpc) is 3.11. The highest BCUT2D eigenvalue weighted by atomic mass is 32.2. The van der Waals surface area contributed by atoms with E-state index >= 15 is 0 Å². The van der Waals surface area contributed by atoms with Crippen LogP contribution in [0.15, 0.2) is 51.9 Å². The fourth-order valence-electron chi connectivity index (χ4n) is 2.57. The van der Waals surface area contributed by atoms with Crippen molar-refractivity contribution in [3.63, 3.8) is 0 Å². The van der Waals surface area contributed by atoms with E-state index in [0.717, 1.165) is 23.1 Å². The Hall–Kier alpha value is -2.85. The third kappa shape index (κ3) is 3.36. The molecule has 4 rings (SSSR count). The molecule has 0 atom stereocenters. The number of phenolic OH excluding ortho intramolecular Hbond substituents is 1. The summed E-state index contributed by atoms with van der Waals surface area (Å²) in [6.45, 7) is 0. The summed E-state index contributed by atoms with van der Waals surface area (Å²) in [6.07, 6.45) is 0. The summed E-state index contributed by atoms with van der Waals surface area (Å²) < 4.78 is 42.6. The Kier molecular flexibility index (Phi) is 4.82. The van der Waals surface area contributed by atoms with Gasteiger partial charge >= 0.3 is 0 Å². The fraction of sp³-hybridized carbons (Fsp3) is 0.0556. The van der Waals surface area contributed by atoms with Crippen molar-refractivity contribution < 1.29 is 18.3 Å². The molecule has 0 bridgehead atoms. The number of aromatic hydroxyl groups is 1. The van der Waals surface area contributed by atoms with E-state index in [2.05, 4.69) is 9.97 Å². The van der Waals surface area contributed by atoms with Crippen molar-refractivity contribution in [3.05, 3.63) is 75.3 Å². The minimum atomic E-state index is -1.02. The molecule has 0 spiro atoms. The molecule has 10 heteroatoms. The topological polar surface area (TPSA) is 68.0 Å². The van der Waals surface area contributed by atoms with Crippen LogP contribution in [0.3, 0.4) is 0 Å². The molecule has 28 heavy (non-hydrogen) atoms. The second-order valence-corrected chi connectivity index (χ2v) is 7.49. The van der Waals surface area contributed by atoms with Crippen LogP contribution in [0.25, 0.3) is 16.0 Å². The van der Waals surface area contributed by atoms with Crippen molar-refractivity contribution in [1.29, 1.82) is 0 Å². The zero-order chi connectivity index (χ0) is 19.8. The van der Waals surface area contributed by atoms with E-state index in [9.17, 15) is 23.1 Å². The Labute approximate surface area is 164 Å². The molecular formula is C18H10F3N3O2S2. The lowest BCUT2D eigenvalue weighted by Crippen LogP contribution is -2.21. The first kappa shape index (κ1) is 18.5. The highest BCUT2D eigenvalue weighted by Crippen LogP contribution is 2.28. The molecule has 0 aliphatic rings. The summed E-state index contributed by atoms with van der Waals surface area (Å²) in [5, 5.41) is 9.65. The summed E-state index contributed by atoms with van der Waals surface area (Å²) in [4.78, 5) is 21.3. The van der Waals surface area contributed by atoms with E-state index in [1.807, 2.05) is 0 Å². The Morgan fingerprint density at radius 1 is 1.11 bits per heavy atom. The lowest BCUT2D eigenvalue weighted by molar-refractivity contribution is 0.475. The SMILES string of the molecule is O=c1c2scnc2nc(SCc2c(F)cc(F)cc2F)n1-c1ccc(O)cc1. The third-order valence-electron chi connectivity index (χ3n) is 3.90. The van der Waals surface area contributed by atoms with Gasteiger partial charge in [0.05, 0.1) is 11.2 Å². The quantitative estimate of drug-likeness (QED) is 0.394. The Balaban J connectivity index is 1.81. The number of phenols is 1. The molecule has 0 radical (unpaired) electrons. The van der Waals surface area contributed by atoms with Crippen LogP contribution >= 0.6 is 23.1 Å². The van der Waals surface area contributed by atoms with Crippen molar-refractivity contribution in [2.45, 2.75) is 10.9 Å². The highest BCUT2D eigenvalue weighted by Gasteiger charge is 2.18. The van der Waals surface area contributed by atoms with E-state index in [1.165, 1.54) is 34.3 Å². The molecule has 0 saturated heterocycles. The number of rotatable bonds is 4. The predicted octanol–water partition coefficient (Wildman–Crippen LogP) is 4.26. The number of fused-ring (bicyclic) bond motifs is 1. The van der Waals surface area contributed by atoms with Crippen molar-refractivity contribution >= 4 is 33.4 Å². The van der Waals surface area contributed by atoms with Crippen LogP contribution in [0.5, 0.6) is 5.75 Å². The standard InChI is InChI=1S/C18H10F3N3O2S2/c19-9-5-13(20)12(14(21)6-9)7-27-18-23-16-15(28-8-22-16)17(26)24(18)10-1-3-11(25)4-2-10/h1-6,8,25H,7H2. The van der Waals surface area contributed by atoms with E-state index in [-0.39, 0.29) is 33.4 Å². The summed E-state index contributed by atoms with van der Waals surface area (Å²) in [5.41, 5.74) is 1.42. The second-order valence-electron chi connectivity index (χ2n) is 5.69. The van der Waals surface area contributed by atoms with Gasteiger partial charge in [-0.1, -0.05) is 11.8 Å². The minimum Gasteiger partial charge on any atom is -0.508 e. The number of aromatic nitrogens is 3. The maximum absolute atomic E-state index is 13.9. The average molecular weight is 421 g/mol. The maximum atomic E-state index is 13.9. The van der Waals surface area contributed by atoms with Gasteiger partial charge in [-0.25, -0.2) is 23.1 Å². The summed E-state index contributed by atoms with van der Waals surface area (Å²) in [6, 6.07) is 7.06. The molecule has 0 amide bonds. The monoisotopic (exact) mass is 421 g/mol. The van der Waals surface area contributed by atoms with Crippen LogP contribution in [0.1, 0.15) is 5.56 Å². The fourth-order valence-corrected chi connectivity index (χ4v) is 4.24. The lowest BCUT2D eigenvalue weighted by Gasteiger charge is -2.12. The number of thiazole rings is 1. The van der Waals surface area contributed by atoms with E-state index in [1.54, 1.807) is 0 Å². The first-order chi connectivity index (χ1) is 13.4. The molecule has 2 aromatic heterocycles. The van der Waals surface area contributed by atoms with Crippen LogP contribution in [0.4, 0.5) is 13.2 Å². The van der Waals surface area contributed by atoms with Gasteiger partial charge in [0.15, 0.2) is 10.8 Å². The van der Waals surface area contributed by atoms with Gasteiger partial charge in [0.1, 0.15) is 27.9 Å². The third-order valence-corrected chi connectivity index (χ3v) is 5.67. The minimum absolute atomic E-state index is 0.0216.